The van der Waals surface area contributed by atoms with Crippen LogP contribution in [0.3, 0.4) is 0 Å². The molecular weight excluding hydrogens is 683 g/mol. The fraction of sp³-hybridized carbons (Fsp3) is 0.0196. The molecule has 5 nitrogen and oxygen atoms in total. The van der Waals surface area contributed by atoms with Crippen molar-refractivity contribution in [3.8, 4) is 56.9 Å². The molecule has 0 fully saturated rings. The van der Waals surface area contributed by atoms with Crippen LogP contribution in [0.2, 0.25) is 0 Å². The zero-order valence-electron chi connectivity index (χ0n) is 30.5. The smallest absolute Gasteiger partial charge is 0.101 e. The Kier molecular flexibility index (Phi) is 7.56. The van der Waals surface area contributed by atoms with Crippen LogP contribution in [0.15, 0.2) is 170 Å². The van der Waals surface area contributed by atoms with Gasteiger partial charge in [0.05, 0.1) is 50.6 Å². The van der Waals surface area contributed by atoms with Gasteiger partial charge in [0.2, 0.25) is 0 Å². The highest BCUT2D eigenvalue weighted by atomic mass is 15.0. The first-order valence-electron chi connectivity index (χ1n) is 18.6. The van der Waals surface area contributed by atoms with E-state index in [2.05, 4.69) is 149 Å². The minimum Gasteiger partial charge on any atom is -0.398 e. The normalized spacial score (nSPS) is 11.3. The van der Waals surface area contributed by atoms with Crippen LogP contribution in [0, 0.1) is 29.6 Å². The predicted octanol–water partition coefficient (Wildman–Crippen LogP) is 12.5. The van der Waals surface area contributed by atoms with E-state index >= 15 is 0 Å². The molecule has 2 N–H and O–H groups in total. The Morgan fingerprint density at radius 3 is 1.59 bits per heavy atom. The third-order valence-electron chi connectivity index (χ3n) is 11.1. The Hall–Kier alpha value is -7.86. The summed E-state index contributed by atoms with van der Waals surface area (Å²) < 4.78 is 4.42. The summed E-state index contributed by atoms with van der Waals surface area (Å²) in [5, 5.41) is 25.6. The van der Waals surface area contributed by atoms with Crippen molar-refractivity contribution in [3.05, 3.63) is 187 Å². The van der Waals surface area contributed by atoms with Gasteiger partial charge in [0.1, 0.15) is 6.07 Å². The number of nitrogen functional groups attached to an aromatic ring is 1. The van der Waals surface area contributed by atoms with Crippen LogP contribution in [0.25, 0.3) is 88.4 Å². The van der Waals surface area contributed by atoms with E-state index in [-0.39, 0.29) is 0 Å². The Morgan fingerprint density at radius 1 is 0.411 bits per heavy atom. The lowest BCUT2D eigenvalue weighted by Crippen LogP contribution is -2.04. The Labute approximate surface area is 324 Å². The standard InChI is InChI=1S/C51H33N5/c1-32-24-50(56-46-18-10-8-16-39(46)41-22-20-36(28-51(41)56)34-14-6-3-7-15-34)44(26-37(32)30-52)42-27-38(31-53)49(29-45(42)54)55-47-19-11-9-17-40(47)43-25-35(21-23-48(43)55)33-12-4-2-5-13-33/h2-29H,54H2,1H3. The highest BCUT2D eigenvalue weighted by molar-refractivity contribution is 6.12. The van der Waals surface area contributed by atoms with Gasteiger partial charge in [-0.2, -0.15) is 10.5 Å². The number of hydrogen-bond acceptors (Lipinski definition) is 3. The summed E-state index contributed by atoms with van der Waals surface area (Å²) in [7, 11) is 0. The first kappa shape index (κ1) is 32.8. The van der Waals surface area contributed by atoms with Crippen molar-refractivity contribution in [3.63, 3.8) is 0 Å². The topological polar surface area (TPSA) is 83.5 Å². The predicted molar refractivity (Wildman–Crippen MR) is 230 cm³/mol. The van der Waals surface area contributed by atoms with E-state index in [0.29, 0.717) is 28.1 Å². The second-order valence-corrected chi connectivity index (χ2v) is 14.3. The summed E-state index contributed by atoms with van der Waals surface area (Å²) in [6.45, 7) is 1.97. The molecule has 10 aromatic rings. The van der Waals surface area contributed by atoms with Crippen LogP contribution in [0.4, 0.5) is 5.69 Å². The molecule has 10 rings (SSSR count). The highest BCUT2D eigenvalue weighted by Gasteiger charge is 2.22. The van der Waals surface area contributed by atoms with Gasteiger partial charge in [-0.3, -0.25) is 0 Å². The number of fused-ring (bicyclic) bond motifs is 6. The van der Waals surface area contributed by atoms with E-state index in [4.69, 9.17) is 5.73 Å². The van der Waals surface area contributed by atoms with Gasteiger partial charge in [-0.1, -0.05) is 115 Å². The first-order chi connectivity index (χ1) is 27.5. The number of benzene rings is 8. The van der Waals surface area contributed by atoms with Gasteiger partial charge in [0.15, 0.2) is 0 Å². The molecule has 262 valence electrons. The lowest BCUT2D eigenvalue weighted by molar-refractivity contribution is 1.16. The number of nitrogens with two attached hydrogens (primary N) is 1. The second-order valence-electron chi connectivity index (χ2n) is 14.3. The molecule has 0 saturated heterocycles. The number of nitriles is 2. The van der Waals surface area contributed by atoms with E-state index in [1.165, 1.54) is 0 Å². The number of hydrogen-bond donors (Lipinski definition) is 1. The molecule has 8 aromatic carbocycles. The van der Waals surface area contributed by atoms with E-state index in [1.54, 1.807) is 0 Å². The third-order valence-corrected chi connectivity index (χ3v) is 11.1. The van der Waals surface area contributed by atoms with Crippen LogP contribution in [-0.2, 0) is 0 Å². The van der Waals surface area contributed by atoms with Gasteiger partial charge in [0, 0.05) is 38.4 Å². The van der Waals surface area contributed by atoms with Crippen LogP contribution in [0.1, 0.15) is 16.7 Å². The minimum atomic E-state index is 0.475. The third kappa shape index (κ3) is 5.07. The maximum absolute atomic E-state index is 10.9. The Balaban J connectivity index is 1.22. The minimum absolute atomic E-state index is 0.475. The van der Waals surface area contributed by atoms with Crippen LogP contribution < -0.4 is 5.73 Å². The van der Waals surface area contributed by atoms with Crippen molar-refractivity contribution in [1.82, 2.24) is 9.13 Å². The maximum atomic E-state index is 10.9. The molecule has 0 aliphatic rings. The molecule has 0 unspecified atom stereocenters. The van der Waals surface area contributed by atoms with E-state index in [9.17, 15) is 10.5 Å². The van der Waals surface area contributed by atoms with Gasteiger partial charge in [-0.15, -0.1) is 0 Å². The lowest BCUT2D eigenvalue weighted by Gasteiger charge is -2.19. The summed E-state index contributed by atoms with van der Waals surface area (Å²) >= 11 is 0. The van der Waals surface area contributed by atoms with Crippen molar-refractivity contribution in [2.45, 2.75) is 6.92 Å². The number of nitrogens with zero attached hydrogens (tertiary/aromatic N) is 4. The van der Waals surface area contributed by atoms with Crippen molar-refractivity contribution < 1.29 is 0 Å². The van der Waals surface area contributed by atoms with Crippen molar-refractivity contribution >= 4 is 49.3 Å². The SMILES string of the molecule is Cc1cc(-n2c3ccccc3c3ccc(-c4ccccc4)cc32)c(-c2cc(C#N)c(-n3c4ccccc4c4cc(-c5ccccc5)ccc43)cc2N)cc1C#N. The molecule has 2 aromatic heterocycles. The summed E-state index contributed by atoms with van der Waals surface area (Å²) in [6, 6.07) is 63.2. The average molecular weight is 716 g/mol. The van der Waals surface area contributed by atoms with Crippen molar-refractivity contribution in [1.29, 1.82) is 10.5 Å². The maximum Gasteiger partial charge on any atom is 0.101 e. The lowest BCUT2D eigenvalue weighted by atomic mass is 9.94. The second kappa shape index (κ2) is 12.9. The summed E-state index contributed by atoms with van der Waals surface area (Å²) in [5.74, 6) is 0. The molecule has 0 radical (unpaired) electrons. The molecule has 0 aliphatic heterocycles. The first-order valence-corrected chi connectivity index (χ1v) is 18.6. The van der Waals surface area contributed by atoms with Crippen molar-refractivity contribution in [2.24, 2.45) is 0 Å². The Bertz CT molecular complexity index is 3280. The monoisotopic (exact) mass is 715 g/mol. The summed E-state index contributed by atoms with van der Waals surface area (Å²) in [6.07, 6.45) is 0. The molecule has 0 aliphatic carbocycles. The van der Waals surface area contributed by atoms with Crippen LogP contribution in [-0.4, -0.2) is 9.13 Å². The number of aromatic nitrogens is 2. The van der Waals surface area contributed by atoms with E-state index in [1.807, 2.05) is 49.4 Å². The van der Waals surface area contributed by atoms with E-state index < -0.39 is 0 Å². The van der Waals surface area contributed by atoms with Crippen LogP contribution in [0.5, 0.6) is 0 Å². The van der Waals surface area contributed by atoms with Crippen molar-refractivity contribution in [2.75, 3.05) is 5.73 Å². The molecule has 0 atom stereocenters. The van der Waals surface area contributed by atoms with Gasteiger partial charge in [-0.25, -0.2) is 0 Å². The molecule has 5 heteroatoms. The molecule has 0 amide bonds. The largest absolute Gasteiger partial charge is 0.398 e. The van der Waals surface area contributed by atoms with Gasteiger partial charge in [-0.05, 0) is 89.3 Å². The molecule has 0 saturated carbocycles. The molecule has 0 bridgehead atoms. The number of para-hydroxylation sites is 2. The number of rotatable bonds is 5. The Morgan fingerprint density at radius 2 is 0.929 bits per heavy atom. The summed E-state index contributed by atoms with van der Waals surface area (Å²) in [4.78, 5) is 0. The zero-order valence-corrected chi connectivity index (χ0v) is 30.5. The average Bonchev–Trinajstić information content (AvgIpc) is 3.76. The molecule has 56 heavy (non-hydrogen) atoms. The van der Waals surface area contributed by atoms with Gasteiger partial charge in [0.25, 0.3) is 0 Å². The van der Waals surface area contributed by atoms with Gasteiger partial charge < -0.3 is 14.9 Å². The quantitative estimate of drug-likeness (QED) is 0.180. The molecule has 0 spiro atoms. The zero-order chi connectivity index (χ0) is 37.9. The van der Waals surface area contributed by atoms with Crippen LogP contribution >= 0.6 is 0 Å². The van der Waals surface area contributed by atoms with E-state index in [0.717, 1.165) is 82.7 Å². The number of aryl methyl sites for hydroxylation is 1. The summed E-state index contributed by atoms with van der Waals surface area (Å²) in [5.41, 5.74) is 21.1. The van der Waals surface area contributed by atoms with Gasteiger partial charge >= 0.3 is 0 Å². The fourth-order valence-electron chi connectivity index (χ4n) is 8.41. The molecular formula is C51H33N5. The molecule has 2 heterocycles. The number of anilines is 1. The fourth-order valence-corrected chi connectivity index (χ4v) is 8.41. The highest BCUT2D eigenvalue weighted by Crippen LogP contribution is 2.43.